The summed E-state index contributed by atoms with van der Waals surface area (Å²) < 4.78 is 73.9. The number of nitrogen functional groups attached to an aromatic ring is 1. The van der Waals surface area contributed by atoms with E-state index in [4.69, 9.17) is 21.4 Å². The molecule has 1 aliphatic rings. The number of hydrogen-bond donors (Lipinski definition) is 4. The number of aliphatic carboxylic acids is 1. The van der Waals surface area contributed by atoms with Gasteiger partial charge in [-0.2, -0.15) is 17.9 Å². The third kappa shape index (κ3) is 6.38. The summed E-state index contributed by atoms with van der Waals surface area (Å²) in [5, 5.41) is 7.74. The van der Waals surface area contributed by atoms with Gasteiger partial charge < -0.3 is 21.5 Å². The molecule has 1 fully saturated rings. The standard InChI is InChI=1S/C20H20FN5O3S2.C2HF3O2/c1-24-19(23)12-3-5-14(22)16(8-12)26-7-6-15(20(26)27)25-31(28,29)18-9-11-2-4-13(21)10-17(11)30-18;3-2(4,5)1(6)7/h2-5,8-10,15,25H,6-7,22H2,1H3,(H2,23,24);(H,6,7)/t15-;/m0./s1. The highest BCUT2D eigenvalue weighted by molar-refractivity contribution is 7.91. The van der Waals surface area contributed by atoms with Gasteiger partial charge in [0.05, 0.1) is 11.4 Å². The lowest BCUT2D eigenvalue weighted by Gasteiger charge is -2.20. The van der Waals surface area contributed by atoms with Crippen LogP contribution in [-0.4, -0.2) is 57.0 Å². The van der Waals surface area contributed by atoms with Crippen LogP contribution in [0.1, 0.15) is 12.0 Å². The lowest BCUT2D eigenvalue weighted by atomic mass is 10.1. The fourth-order valence-corrected chi connectivity index (χ4v) is 6.12. The minimum absolute atomic E-state index is 0.0211. The van der Waals surface area contributed by atoms with Crippen molar-refractivity contribution in [3.05, 3.63) is 53.8 Å². The third-order valence-corrected chi connectivity index (χ3v) is 8.37. The number of nitrogens with zero attached hydrogens (tertiary/aromatic N) is 2. The summed E-state index contributed by atoms with van der Waals surface area (Å²) in [5.74, 6) is -3.31. The highest BCUT2D eigenvalue weighted by atomic mass is 32.2. The largest absolute Gasteiger partial charge is 0.490 e. The van der Waals surface area contributed by atoms with Crippen molar-refractivity contribution in [1.82, 2.24) is 4.72 Å². The van der Waals surface area contributed by atoms with Crippen LogP contribution in [0.5, 0.6) is 0 Å². The first-order chi connectivity index (χ1) is 17.6. The van der Waals surface area contributed by atoms with E-state index in [1.165, 1.54) is 29.2 Å². The van der Waals surface area contributed by atoms with Crippen LogP contribution in [-0.2, 0) is 19.6 Å². The van der Waals surface area contributed by atoms with Gasteiger partial charge in [0.1, 0.15) is 21.9 Å². The molecule has 1 atom stereocenters. The van der Waals surface area contributed by atoms with E-state index in [1.807, 2.05) is 0 Å². The van der Waals surface area contributed by atoms with Gasteiger partial charge in [-0.25, -0.2) is 17.6 Å². The van der Waals surface area contributed by atoms with Crippen molar-refractivity contribution in [1.29, 1.82) is 0 Å². The summed E-state index contributed by atoms with van der Waals surface area (Å²) in [7, 11) is -2.41. The molecule has 16 heteroatoms. The Morgan fingerprint density at radius 2 is 1.87 bits per heavy atom. The summed E-state index contributed by atoms with van der Waals surface area (Å²) >= 11 is 0.948. The van der Waals surface area contributed by atoms with Crippen molar-refractivity contribution in [2.24, 2.45) is 10.7 Å². The molecule has 0 bridgehead atoms. The molecular weight excluding hydrogens is 554 g/mol. The van der Waals surface area contributed by atoms with Crippen LogP contribution in [0.25, 0.3) is 10.1 Å². The SMILES string of the molecule is CN=C(N)c1ccc(N)c(N2CC[C@H](NS(=O)(=O)c3cc4ccc(F)cc4s3)C2=O)c1.O=C(O)C(F)(F)F. The number of carboxylic acid groups (broad SMARTS) is 1. The van der Waals surface area contributed by atoms with Crippen molar-refractivity contribution in [2.75, 3.05) is 24.2 Å². The van der Waals surface area contributed by atoms with E-state index >= 15 is 0 Å². The number of carbonyl (C=O) groups is 2. The molecule has 0 spiro atoms. The summed E-state index contributed by atoms with van der Waals surface area (Å²) in [4.78, 5) is 27.2. The van der Waals surface area contributed by atoms with Gasteiger partial charge in [0.15, 0.2) is 0 Å². The molecule has 1 aromatic heterocycles. The Morgan fingerprint density at radius 1 is 1.21 bits per heavy atom. The van der Waals surface area contributed by atoms with Gasteiger partial charge in [0, 0.05) is 23.9 Å². The zero-order valence-corrected chi connectivity index (χ0v) is 21.1. The molecule has 38 heavy (non-hydrogen) atoms. The van der Waals surface area contributed by atoms with E-state index in [0.29, 0.717) is 39.4 Å². The number of hydrogen-bond acceptors (Lipinski definition) is 7. The zero-order valence-electron chi connectivity index (χ0n) is 19.5. The number of rotatable bonds is 5. The fourth-order valence-electron chi connectivity index (χ4n) is 3.45. The molecule has 4 rings (SSSR count). The number of aliphatic imine (C=N–C) groups is 1. The maximum atomic E-state index is 13.4. The topological polar surface area (TPSA) is 168 Å². The Bertz CT molecular complexity index is 1520. The number of alkyl halides is 3. The van der Waals surface area contributed by atoms with Gasteiger partial charge in [-0.15, -0.1) is 11.3 Å². The van der Waals surface area contributed by atoms with Crippen molar-refractivity contribution in [3.8, 4) is 0 Å². The van der Waals surface area contributed by atoms with E-state index in [2.05, 4.69) is 9.71 Å². The van der Waals surface area contributed by atoms with E-state index in [-0.39, 0.29) is 10.6 Å². The molecule has 2 heterocycles. The second-order valence-corrected chi connectivity index (χ2v) is 10.9. The number of halogens is 4. The number of amides is 1. The van der Waals surface area contributed by atoms with Crippen molar-refractivity contribution >= 4 is 60.5 Å². The first-order valence-electron chi connectivity index (χ1n) is 10.6. The Labute approximate surface area is 217 Å². The van der Waals surface area contributed by atoms with Crippen LogP contribution < -0.4 is 21.1 Å². The number of carbonyl (C=O) groups excluding carboxylic acids is 1. The Morgan fingerprint density at radius 3 is 2.47 bits per heavy atom. The second-order valence-electron chi connectivity index (χ2n) is 7.89. The molecule has 2 aromatic carbocycles. The number of benzene rings is 2. The molecule has 0 aliphatic carbocycles. The number of carboxylic acids is 1. The molecule has 3 aromatic rings. The van der Waals surface area contributed by atoms with Gasteiger partial charge in [0.25, 0.3) is 10.0 Å². The minimum Gasteiger partial charge on any atom is -0.475 e. The Hall–Kier alpha value is -3.76. The Kier molecular flexibility index (Phi) is 8.28. The number of amidine groups is 1. The molecule has 0 radical (unpaired) electrons. The quantitative estimate of drug-likeness (QED) is 0.157. The number of sulfonamides is 1. The number of anilines is 2. The van der Waals surface area contributed by atoms with E-state index in [9.17, 15) is 30.8 Å². The Balaban J connectivity index is 0.000000505. The molecule has 204 valence electrons. The molecular formula is C22H21F4N5O5S2. The van der Waals surface area contributed by atoms with Crippen molar-refractivity contribution < 1.29 is 40.7 Å². The van der Waals surface area contributed by atoms with Crippen LogP contribution in [0.3, 0.4) is 0 Å². The predicted molar refractivity (Wildman–Crippen MR) is 134 cm³/mol. The van der Waals surface area contributed by atoms with Crippen LogP contribution in [0.15, 0.2) is 51.7 Å². The van der Waals surface area contributed by atoms with Gasteiger partial charge in [-0.05, 0) is 48.2 Å². The highest BCUT2D eigenvalue weighted by Crippen LogP contribution is 2.32. The van der Waals surface area contributed by atoms with Crippen LogP contribution in [0.4, 0.5) is 28.9 Å². The summed E-state index contributed by atoms with van der Waals surface area (Å²) in [6.45, 7) is 0.292. The molecule has 6 N–H and O–H groups in total. The van der Waals surface area contributed by atoms with Crippen molar-refractivity contribution in [2.45, 2.75) is 22.8 Å². The van der Waals surface area contributed by atoms with Gasteiger partial charge >= 0.3 is 12.1 Å². The number of nitrogens with two attached hydrogens (primary N) is 2. The molecule has 10 nitrogen and oxygen atoms in total. The smallest absolute Gasteiger partial charge is 0.475 e. The number of thiophene rings is 1. The predicted octanol–water partition coefficient (Wildman–Crippen LogP) is 2.67. The normalized spacial score (nSPS) is 16.4. The fraction of sp³-hybridized carbons (Fsp3) is 0.227. The minimum atomic E-state index is -5.08. The molecule has 0 unspecified atom stereocenters. The molecule has 0 saturated carbocycles. The van der Waals surface area contributed by atoms with Crippen LogP contribution in [0.2, 0.25) is 0 Å². The van der Waals surface area contributed by atoms with Gasteiger partial charge in [-0.3, -0.25) is 9.79 Å². The van der Waals surface area contributed by atoms with Crippen molar-refractivity contribution in [3.63, 3.8) is 0 Å². The lowest BCUT2D eigenvalue weighted by molar-refractivity contribution is -0.192. The second kappa shape index (κ2) is 10.9. The monoisotopic (exact) mass is 575 g/mol. The summed E-state index contributed by atoms with van der Waals surface area (Å²) in [6, 6.07) is 9.58. The van der Waals surface area contributed by atoms with E-state index in [1.54, 1.807) is 25.2 Å². The maximum absolute atomic E-state index is 13.4. The van der Waals surface area contributed by atoms with Gasteiger partial charge in [0.2, 0.25) is 5.91 Å². The van der Waals surface area contributed by atoms with Gasteiger partial charge in [-0.1, -0.05) is 6.07 Å². The molecule has 1 aliphatic heterocycles. The first-order valence-corrected chi connectivity index (χ1v) is 12.9. The molecule has 1 amide bonds. The zero-order chi connectivity index (χ0) is 28.4. The average molecular weight is 576 g/mol. The highest BCUT2D eigenvalue weighted by Gasteiger charge is 2.38. The molecule has 1 saturated heterocycles. The van der Waals surface area contributed by atoms with E-state index < -0.39 is 39.9 Å². The first kappa shape index (κ1) is 28.8. The summed E-state index contributed by atoms with van der Waals surface area (Å²) in [6.07, 6.45) is -4.81. The van der Waals surface area contributed by atoms with E-state index in [0.717, 1.165) is 11.3 Å². The maximum Gasteiger partial charge on any atom is 0.490 e. The number of nitrogens with one attached hydrogen (secondary N) is 1. The average Bonchev–Trinajstić information content (AvgIpc) is 3.42. The summed E-state index contributed by atoms with van der Waals surface area (Å²) in [5.41, 5.74) is 13.3. The van der Waals surface area contributed by atoms with Crippen LogP contribution in [0, 0.1) is 5.82 Å². The van der Waals surface area contributed by atoms with Crippen LogP contribution >= 0.6 is 11.3 Å². The third-order valence-electron chi connectivity index (χ3n) is 5.33. The lowest BCUT2D eigenvalue weighted by Crippen LogP contribution is -2.41. The number of fused-ring (bicyclic) bond motifs is 1.